The summed E-state index contributed by atoms with van der Waals surface area (Å²) in [5.74, 6) is 0. The number of hydrogen-bond acceptors (Lipinski definition) is 3. The Labute approximate surface area is 116 Å². The summed E-state index contributed by atoms with van der Waals surface area (Å²) in [7, 11) is 0. The lowest BCUT2D eigenvalue weighted by Gasteiger charge is -2.33. The molecule has 108 valence electrons. The molecule has 1 aromatic carbocycles. The minimum absolute atomic E-state index is 0.374. The maximum absolute atomic E-state index is 10.3. The number of aliphatic hydroxyl groups is 1. The van der Waals surface area contributed by atoms with E-state index in [1.165, 1.54) is 0 Å². The van der Waals surface area contributed by atoms with Crippen molar-refractivity contribution < 1.29 is 14.9 Å². The normalized spacial score (nSPS) is 13.7. The van der Waals surface area contributed by atoms with Crippen LogP contribution in [0.25, 0.3) is 0 Å². The van der Waals surface area contributed by atoms with Gasteiger partial charge in [-0.2, -0.15) is 0 Å². The highest BCUT2D eigenvalue weighted by Gasteiger charge is 2.32. The maximum Gasteiger partial charge on any atom is 0.123 e. The molecule has 0 spiro atoms. The standard InChI is InChI=1S/C16H26O3/c1-14(2,3)18-19-16(6,7)13-11-9-8-10-12(13)15(4,5)17/h8-11,17H,1-7H3. The van der Waals surface area contributed by atoms with Crippen LogP contribution in [-0.4, -0.2) is 10.7 Å². The lowest BCUT2D eigenvalue weighted by Crippen LogP contribution is -2.32. The second-order valence-electron chi connectivity index (χ2n) is 6.89. The summed E-state index contributed by atoms with van der Waals surface area (Å²) in [6.45, 7) is 13.2. The van der Waals surface area contributed by atoms with Gasteiger partial charge in [-0.25, -0.2) is 9.78 Å². The molecule has 3 heteroatoms. The fraction of sp³-hybridized carbons (Fsp3) is 0.625. The molecule has 1 aromatic rings. The van der Waals surface area contributed by atoms with Crippen molar-refractivity contribution in [2.45, 2.75) is 65.3 Å². The van der Waals surface area contributed by atoms with E-state index in [-0.39, 0.29) is 5.60 Å². The van der Waals surface area contributed by atoms with E-state index in [4.69, 9.17) is 9.78 Å². The average molecular weight is 266 g/mol. The first kappa shape index (κ1) is 16.2. The summed E-state index contributed by atoms with van der Waals surface area (Å²) in [5, 5.41) is 10.3. The van der Waals surface area contributed by atoms with Crippen LogP contribution in [0.3, 0.4) is 0 Å². The third-order valence-corrected chi connectivity index (χ3v) is 2.73. The second-order valence-corrected chi connectivity index (χ2v) is 6.89. The molecule has 0 aliphatic carbocycles. The molecule has 0 atom stereocenters. The number of hydrogen-bond donors (Lipinski definition) is 1. The summed E-state index contributed by atoms with van der Waals surface area (Å²) in [5.41, 5.74) is -0.159. The number of benzene rings is 1. The molecule has 3 nitrogen and oxygen atoms in total. The fourth-order valence-corrected chi connectivity index (χ4v) is 1.82. The minimum atomic E-state index is -0.918. The maximum atomic E-state index is 10.3. The third kappa shape index (κ3) is 4.60. The smallest absolute Gasteiger partial charge is 0.123 e. The van der Waals surface area contributed by atoms with Crippen LogP contribution in [0, 0.1) is 0 Å². The van der Waals surface area contributed by atoms with E-state index in [0.29, 0.717) is 0 Å². The van der Waals surface area contributed by atoms with E-state index in [0.717, 1.165) is 11.1 Å². The molecule has 0 amide bonds. The third-order valence-electron chi connectivity index (χ3n) is 2.73. The Morgan fingerprint density at radius 2 is 1.26 bits per heavy atom. The van der Waals surface area contributed by atoms with Gasteiger partial charge >= 0.3 is 0 Å². The lowest BCUT2D eigenvalue weighted by atomic mass is 9.86. The van der Waals surface area contributed by atoms with Crippen molar-refractivity contribution in [3.8, 4) is 0 Å². The van der Waals surface area contributed by atoms with Crippen LogP contribution in [0.15, 0.2) is 24.3 Å². The molecular weight excluding hydrogens is 240 g/mol. The molecule has 0 saturated heterocycles. The summed E-state index contributed by atoms with van der Waals surface area (Å²) >= 11 is 0. The Balaban J connectivity index is 3.08. The summed E-state index contributed by atoms with van der Waals surface area (Å²) < 4.78 is 0. The van der Waals surface area contributed by atoms with Crippen LogP contribution < -0.4 is 0 Å². The van der Waals surface area contributed by atoms with Gasteiger partial charge in [-0.15, -0.1) is 0 Å². The Morgan fingerprint density at radius 1 is 0.789 bits per heavy atom. The highest BCUT2D eigenvalue weighted by Crippen LogP contribution is 2.34. The van der Waals surface area contributed by atoms with Gasteiger partial charge in [0, 0.05) is 0 Å². The van der Waals surface area contributed by atoms with E-state index < -0.39 is 11.2 Å². The van der Waals surface area contributed by atoms with Gasteiger partial charge in [0.1, 0.15) is 5.60 Å². The van der Waals surface area contributed by atoms with Crippen molar-refractivity contribution in [3.05, 3.63) is 35.4 Å². The van der Waals surface area contributed by atoms with Crippen LogP contribution >= 0.6 is 0 Å². The molecule has 19 heavy (non-hydrogen) atoms. The predicted molar refractivity (Wildman–Crippen MR) is 76.6 cm³/mol. The highest BCUT2D eigenvalue weighted by atomic mass is 17.2. The largest absolute Gasteiger partial charge is 0.386 e. The zero-order valence-electron chi connectivity index (χ0n) is 13.1. The quantitative estimate of drug-likeness (QED) is 0.663. The van der Waals surface area contributed by atoms with Crippen LogP contribution in [0.2, 0.25) is 0 Å². The van der Waals surface area contributed by atoms with Gasteiger partial charge in [-0.3, -0.25) is 0 Å². The molecule has 0 fully saturated rings. The van der Waals surface area contributed by atoms with E-state index in [1.807, 2.05) is 58.9 Å². The van der Waals surface area contributed by atoms with E-state index in [9.17, 15) is 5.11 Å². The van der Waals surface area contributed by atoms with Gasteiger partial charge in [-0.05, 0) is 59.6 Å². The second kappa shape index (κ2) is 5.23. The minimum Gasteiger partial charge on any atom is -0.386 e. The van der Waals surface area contributed by atoms with Crippen LogP contribution in [0.5, 0.6) is 0 Å². The Hall–Kier alpha value is -0.900. The predicted octanol–water partition coefficient (Wildman–Crippen LogP) is 3.90. The lowest BCUT2D eigenvalue weighted by molar-refractivity contribution is -0.402. The Bertz CT molecular complexity index is 422. The first-order valence-electron chi connectivity index (χ1n) is 6.63. The molecule has 0 saturated carbocycles. The van der Waals surface area contributed by atoms with Gasteiger partial charge in [-0.1, -0.05) is 24.3 Å². The van der Waals surface area contributed by atoms with E-state index in [2.05, 4.69) is 0 Å². The van der Waals surface area contributed by atoms with Gasteiger partial charge in [0.25, 0.3) is 0 Å². The zero-order valence-corrected chi connectivity index (χ0v) is 13.1. The van der Waals surface area contributed by atoms with Crippen molar-refractivity contribution in [1.29, 1.82) is 0 Å². The molecule has 0 bridgehead atoms. The van der Waals surface area contributed by atoms with Crippen molar-refractivity contribution in [2.24, 2.45) is 0 Å². The topological polar surface area (TPSA) is 38.7 Å². The monoisotopic (exact) mass is 266 g/mol. The van der Waals surface area contributed by atoms with Gasteiger partial charge in [0.15, 0.2) is 0 Å². The Morgan fingerprint density at radius 3 is 1.68 bits per heavy atom. The van der Waals surface area contributed by atoms with E-state index >= 15 is 0 Å². The fourth-order valence-electron chi connectivity index (χ4n) is 1.82. The molecule has 0 unspecified atom stereocenters. The van der Waals surface area contributed by atoms with Gasteiger partial charge in [0.2, 0.25) is 0 Å². The summed E-state index contributed by atoms with van der Waals surface area (Å²) in [6, 6.07) is 7.72. The molecule has 1 rings (SSSR count). The van der Waals surface area contributed by atoms with Crippen LogP contribution in [-0.2, 0) is 21.0 Å². The summed E-state index contributed by atoms with van der Waals surface area (Å²) in [6.07, 6.45) is 0. The van der Waals surface area contributed by atoms with Crippen molar-refractivity contribution in [2.75, 3.05) is 0 Å². The molecule has 0 aliphatic rings. The van der Waals surface area contributed by atoms with Crippen LogP contribution in [0.4, 0.5) is 0 Å². The van der Waals surface area contributed by atoms with Gasteiger partial charge in [0.05, 0.1) is 11.2 Å². The molecule has 0 aromatic heterocycles. The SMILES string of the molecule is CC(C)(C)OOC(C)(C)c1ccccc1C(C)(C)O. The van der Waals surface area contributed by atoms with Crippen molar-refractivity contribution in [3.63, 3.8) is 0 Å². The molecule has 0 heterocycles. The molecule has 1 N–H and O–H groups in total. The molecular formula is C16H26O3. The van der Waals surface area contributed by atoms with Gasteiger partial charge < -0.3 is 5.11 Å². The summed E-state index contributed by atoms with van der Waals surface area (Å²) in [4.78, 5) is 11.0. The average Bonchev–Trinajstić information content (AvgIpc) is 2.25. The molecule has 0 aliphatic heterocycles. The first-order valence-corrected chi connectivity index (χ1v) is 6.63. The van der Waals surface area contributed by atoms with Crippen molar-refractivity contribution in [1.82, 2.24) is 0 Å². The number of rotatable bonds is 4. The van der Waals surface area contributed by atoms with E-state index in [1.54, 1.807) is 13.8 Å². The Kier molecular flexibility index (Phi) is 4.45. The van der Waals surface area contributed by atoms with Crippen molar-refractivity contribution >= 4 is 0 Å². The highest BCUT2D eigenvalue weighted by molar-refractivity contribution is 5.35. The first-order chi connectivity index (χ1) is 8.43. The van der Waals surface area contributed by atoms with Crippen LogP contribution in [0.1, 0.15) is 59.6 Å². The molecule has 0 radical (unpaired) electrons. The zero-order chi connectivity index (χ0) is 14.9.